The Morgan fingerprint density at radius 3 is 2.70 bits per heavy atom. The number of nitriles is 1. The second kappa shape index (κ2) is 6.08. The maximum absolute atomic E-state index is 12.2. The van der Waals surface area contributed by atoms with Gasteiger partial charge in [0.1, 0.15) is 6.07 Å². The third-order valence-corrected chi connectivity index (χ3v) is 3.37. The smallest absolute Gasteiger partial charge is 0.255 e. The summed E-state index contributed by atoms with van der Waals surface area (Å²) in [5, 5.41) is 12.3. The maximum atomic E-state index is 12.2. The number of aryl methyl sites for hydroxylation is 1. The Kier molecular flexibility index (Phi) is 4.43. The van der Waals surface area contributed by atoms with Crippen LogP contribution in [-0.4, -0.2) is 5.91 Å². The second-order valence-electron chi connectivity index (χ2n) is 4.27. The van der Waals surface area contributed by atoms with Crippen LogP contribution in [0.4, 0.5) is 5.69 Å². The fourth-order valence-electron chi connectivity index (χ4n) is 1.78. The van der Waals surface area contributed by atoms with E-state index in [2.05, 4.69) is 21.2 Å². The minimum atomic E-state index is -0.297. The van der Waals surface area contributed by atoms with Gasteiger partial charge < -0.3 is 5.32 Å². The molecule has 2 aromatic carbocycles. The van der Waals surface area contributed by atoms with Crippen LogP contribution in [0.25, 0.3) is 0 Å². The number of halogens is 2. The van der Waals surface area contributed by atoms with Crippen molar-refractivity contribution in [1.29, 1.82) is 5.26 Å². The standard InChI is InChI=1S/C15H10BrClN2O/c1-9-4-10(7-13(17)5-9)15(20)19-14-3-2-12(16)6-11(14)8-18/h2-7H,1H3,(H,19,20). The minimum absolute atomic E-state index is 0.297. The fraction of sp³-hybridized carbons (Fsp3) is 0.0667. The first-order valence-corrected chi connectivity index (χ1v) is 6.95. The molecule has 0 spiro atoms. The molecule has 1 amide bonds. The van der Waals surface area contributed by atoms with Crippen molar-refractivity contribution in [2.24, 2.45) is 0 Å². The molecule has 1 N–H and O–H groups in total. The van der Waals surface area contributed by atoms with Gasteiger partial charge in [-0.25, -0.2) is 0 Å². The second-order valence-corrected chi connectivity index (χ2v) is 5.63. The van der Waals surface area contributed by atoms with Gasteiger partial charge in [0.15, 0.2) is 0 Å². The summed E-state index contributed by atoms with van der Waals surface area (Å²) in [7, 11) is 0. The molecule has 100 valence electrons. The summed E-state index contributed by atoms with van der Waals surface area (Å²) in [6.45, 7) is 1.86. The van der Waals surface area contributed by atoms with Crippen molar-refractivity contribution in [3.8, 4) is 6.07 Å². The molecule has 0 unspecified atom stereocenters. The highest BCUT2D eigenvalue weighted by Crippen LogP contribution is 2.22. The van der Waals surface area contributed by atoms with Crippen molar-refractivity contribution < 1.29 is 4.79 Å². The van der Waals surface area contributed by atoms with Crippen LogP contribution in [0.3, 0.4) is 0 Å². The summed E-state index contributed by atoms with van der Waals surface area (Å²) in [6.07, 6.45) is 0. The summed E-state index contributed by atoms with van der Waals surface area (Å²) in [4.78, 5) is 12.2. The first-order chi connectivity index (χ1) is 9.49. The number of anilines is 1. The largest absolute Gasteiger partial charge is 0.321 e. The van der Waals surface area contributed by atoms with E-state index in [0.717, 1.165) is 10.0 Å². The van der Waals surface area contributed by atoms with E-state index in [0.29, 0.717) is 21.8 Å². The summed E-state index contributed by atoms with van der Waals surface area (Å²) in [5.41, 5.74) is 2.23. The highest BCUT2D eigenvalue weighted by Gasteiger charge is 2.10. The van der Waals surface area contributed by atoms with E-state index in [1.54, 1.807) is 36.4 Å². The Hall–Kier alpha value is -1.83. The first-order valence-electron chi connectivity index (χ1n) is 5.78. The van der Waals surface area contributed by atoms with Crippen LogP contribution in [0, 0.1) is 18.3 Å². The van der Waals surface area contributed by atoms with E-state index >= 15 is 0 Å². The van der Waals surface area contributed by atoms with Gasteiger partial charge in [-0.15, -0.1) is 0 Å². The molecule has 0 bridgehead atoms. The van der Waals surface area contributed by atoms with Crippen molar-refractivity contribution in [3.05, 3.63) is 62.6 Å². The summed E-state index contributed by atoms with van der Waals surface area (Å²) >= 11 is 9.22. The molecule has 0 aliphatic heterocycles. The molecule has 0 aliphatic rings. The SMILES string of the molecule is Cc1cc(Cl)cc(C(=O)Nc2ccc(Br)cc2C#N)c1. The Balaban J connectivity index is 2.30. The molecule has 0 aromatic heterocycles. The van der Waals surface area contributed by atoms with Gasteiger partial charge in [-0.1, -0.05) is 27.5 Å². The lowest BCUT2D eigenvalue weighted by Crippen LogP contribution is -2.13. The quantitative estimate of drug-likeness (QED) is 0.865. The number of hydrogen-bond donors (Lipinski definition) is 1. The Morgan fingerprint density at radius 2 is 2.05 bits per heavy atom. The molecule has 2 rings (SSSR count). The van der Waals surface area contributed by atoms with Crippen molar-refractivity contribution in [2.75, 3.05) is 5.32 Å². The van der Waals surface area contributed by atoms with Crippen LogP contribution in [0.1, 0.15) is 21.5 Å². The van der Waals surface area contributed by atoms with Crippen molar-refractivity contribution in [3.63, 3.8) is 0 Å². The van der Waals surface area contributed by atoms with Gasteiger partial charge in [-0.2, -0.15) is 5.26 Å². The molecule has 5 heteroatoms. The number of nitrogens with one attached hydrogen (secondary N) is 1. The molecule has 20 heavy (non-hydrogen) atoms. The topological polar surface area (TPSA) is 52.9 Å². The van der Waals surface area contributed by atoms with Crippen LogP contribution in [0.5, 0.6) is 0 Å². The lowest BCUT2D eigenvalue weighted by molar-refractivity contribution is 0.102. The zero-order valence-electron chi connectivity index (χ0n) is 10.6. The number of benzene rings is 2. The molecule has 2 aromatic rings. The molecular formula is C15H10BrClN2O. The van der Waals surface area contributed by atoms with E-state index in [-0.39, 0.29) is 5.91 Å². The fourth-order valence-corrected chi connectivity index (χ4v) is 2.43. The number of rotatable bonds is 2. The molecule has 0 saturated carbocycles. The van der Waals surface area contributed by atoms with Gasteiger partial charge in [0.05, 0.1) is 11.3 Å². The average Bonchev–Trinajstić information content (AvgIpc) is 2.39. The van der Waals surface area contributed by atoms with E-state index < -0.39 is 0 Å². The molecule has 0 fully saturated rings. The van der Waals surface area contributed by atoms with Crippen LogP contribution >= 0.6 is 27.5 Å². The number of nitrogens with zero attached hydrogens (tertiary/aromatic N) is 1. The number of hydrogen-bond acceptors (Lipinski definition) is 2. The lowest BCUT2D eigenvalue weighted by atomic mass is 10.1. The van der Waals surface area contributed by atoms with E-state index in [4.69, 9.17) is 16.9 Å². The number of carbonyl (C=O) groups is 1. The highest BCUT2D eigenvalue weighted by molar-refractivity contribution is 9.10. The van der Waals surface area contributed by atoms with Crippen LogP contribution < -0.4 is 5.32 Å². The van der Waals surface area contributed by atoms with E-state index in [1.165, 1.54) is 0 Å². The minimum Gasteiger partial charge on any atom is -0.321 e. The predicted molar refractivity (Wildman–Crippen MR) is 83.0 cm³/mol. The van der Waals surface area contributed by atoms with Crippen molar-refractivity contribution >= 4 is 39.1 Å². The zero-order valence-corrected chi connectivity index (χ0v) is 12.9. The zero-order chi connectivity index (χ0) is 14.7. The Morgan fingerprint density at radius 1 is 1.30 bits per heavy atom. The first kappa shape index (κ1) is 14.6. The third kappa shape index (κ3) is 3.38. The number of carbonyl (C=O) groups excluding carboxylic acids is 1. The van der Waals surface area contributed by atoms with Gasteiger partial charge in [0.2, 0.25) is 0 Å². The predicted octanol–water partition coefficient (Wildman–Crippen LogP) is 4.53. The van der Waals surface area contributed by atoms with Crippen molar-refractivity contribution in [1.82, 2.24) is 0 Å². The van der Waals surface area contributed by atoms with Crippen LogP contribution in [0.15, 0.2) is 40.9 Å². The maximum Gasteiger partial charge on any atom is 0.255 e. The van der Waals surface area contributed by atoms with E-state index in [9.17, 15) is 4.79 Å². The molecule has 0 heterocycles. The molecule has 0 saturated heterocycles. The van der Waals surface area contributed by atoms with Gasteiger partial charge in [0.25, 0.3) is 5.91 Å². The monoisotopic (exact) mass is 348 g/mol. The molecule has 3 nitrogen and oxygen atoms in total. The summed E-state index contributed by atoms with van der Waals surface area (Å²) < 4.78 is 0.783. The van der Waals surface area contributed by atoms with Gasteiger partial charge in [0, 0.05) is 15.1 Å². The molecule has 0 radical (unpaired) electrons. The molecule has 0 aliphatic carbocycles. The van der Waals surface area contributed by atoms with Crippen molar-refractivity contribution in [2.45, 2.75) is 6.92 Å². The van der Waals surface area contributed by atoms with Gasteiger partial charge in [-0.3, -0.25) is 4.79 Å². The molecular weight excluding hydrogens is 340 g/mol. The van der Waals surface area contributed by atoms with Gasteiger partial charge in [-0.05, 0) is 48.9 Å². The van der Waals surface area contributed by atoms with E-state index in [1.807, 2.05) is 13.0 Å². The Labute approximate surface area is 130 Å². The summed E-state index contributed by atoms with van der Waals surface area (Å²) in [6, 6.07) is 12.2. The number of amides is 1. The third-order valence-electron chi connectivity index (χ3n) is 2.65. The molecule has 0 atom stereocenters. The van der Waals surface area contributed by atoms with Gasteiger partial charge >= 0.3 is 0 Å². The lowest BCUT2D eigenvalue weighted by Gasteiger charge is -2.08. The Bertz CT molecular complexity index is 702. The summed E-state index contributed by atoms with van der Waals surface area (Å²) in [5.74, 6) is -0.297. The highest BCUT2D eigenvalue weighted by atomic mass is 79.9. The van der Waals surface area contributed by atoms with Crippen LogP contribution in [0.2, 0.25) is 5.02 Å². The van der Waals surface area contributed by atoms with Crippen LogP contribution in [-0.2, 0) is 0 Å². The normalized spacial score (nSPS) is 9.90. The average molecular weight is 350 g/mol.